The van der Waals surface area contributed by atoms with E-state index in [0.29, 0.717) is 28.1 Å². The fourth-order valence-corrected chi connectivity index (χ4v) is 2.84. The van der Waals surface area contributed by atoms with Gasteiger partial charge in [0.25, 0.3) is 11.3 Å². The second-order valence-electron chi connectivity index (χ2n) is 5.84. The minimum absolute atomic E-state index is 0.201. The van der Waals surface area contributed by atoms with Gasteiger partial charge in [0, 0.05) is 12.1 Å². The van der Waals surface area contributed by atoms with Crippen LogP contribution in [-0.4, -0.2) is 9.55 Å². The average Bonchev–Trinajstić information content (AvgIpc) is 2.63. The van der Waals surface area contributed by atoms with Crippen molar-refractivity contribution in [2.45, 2.75) is 6.92 Å². The molecule has 2 heterocycles. The number of pyridine rings is 1. The van der Waals surface area contributed by atoms with Crippen LogP contribution in [0.1, 0.15) is 5.56 Å². The number of aryl methyl sites for hydroxylation is 1. The molecule has 0 fully saturated rings. The van der Waals surface area contributed by atoms with Crippen molar-refractivity contribution in [1.82, 2.24) is 9.55 Å². The lowest BCUT2D eigenvalue weighted by Gasteiger charge is -2.13. The Balaban J connectivity index is 2.13. The van der Waals surface area contributed by atoms with Crippen molar-refractivity contribution in [3.05, 3.63) is 94.1 Å². The Bertz CT molecular complexity index is 1130. The lowest BCUT2D eigenvalue weighted by atomic mass is 10.2. The van der Waals surface area contributed by atoms with Crippen molar-refractivity contribution in [2.75, 3.05) is 0 Å². The molecule has 0 amide bonds. The van der Waals surface area contributed by atoms with Gasteiger partial charge in [-0.3, -0.25) is 9.36 Å². The van der Waals surface area contributed by atoms with Gasteiger partial charge in [-0.2, -0.15) is 4.73 Å². The van der Waals surface area contributed by atoms with Gasteiger partial charge < -0.3 is 5.21 Å². The maximum atomic E-state index is 13.1. The highest BCUT2D eigenvalue weighted by Gasteiger charge is 2.19. The molecule has 0 saturated heterocycles. The standard InChI is InChI=1S/C20H15N3O2/c1-14-9-11-15(12-10-14)23-19(18-8-4-5-13-22(18)25)21-17-7-3-2-6-16(17)20(23)24/h2-13H,1H3. The summed E-state index contributed by atoms with van der Waals surface area (Å²) in [4.78, 5) is 17.7. The van der Waals surface area contributed by atoms with Gasteiger partial charge in [0.2, 0.25) is 5.82 Å². The van der Waals surface area contributed by atoms with Crippen molar-refractivity contribution in [3.63, 3.8) is 0 Å². The van der Waals surface area contributed by atoms with Crippen LogP contribution in [0.4, 0.5) is 0 Å². The highest BCUT2D eigenvalue weighted by atomic mass is 16.5. The highest BCUT2D eigenvalue weighted by Crippen LogP contribution is 2.20. The van der Waals surface area contributed by atoms with Crippen LogP contribution in [0.15, 0.2) is 77.7 Å². The number of benzene rings is 2. The van der Waals surface area contributed by atoms with Crippen LogP contribution in [0.3, 0.4) is 0 Å². The van der Waals surface area contributed by atoms with E-state index in [0.717, 1.165) is 10.3 Å². The normalized spacial score (nSPS) is 10.9. The molecule has 0 bridgehead atoms. The molecule has 0 spiro atoms. The van der Waals surface area contributed by atoms with Crippen LogP contribution < -0.4 is 10.3 Å². The van der Waals surface area contributed by atoms with E-state index in [9.17, 15) is 10.0 Å². The first-order valence-electron chi connectivity index (χ1n) is 7.92. The molecule has 122 valence electrons. The summed E-state index contributed by atoms with van der Waals surface area (Å²) in [6, 6.07) is 19.8. The van der Waals surface area contributed by atoms with E-state index in [1.54, 1.807) is 36.4 Å². The Morgan fingerprint density at radius 3 is 2.44 bits per heavy atom. The van der Waals surface area contributed by atoms with Crippen LogP contribution >= 0.6 is 0 Å². The molecular formula is C20H15N3O2. The predicted octanol–water partition coefficient (Wildman–Crippen LogP) is 2.99. The van der Waals surface area contributed by atoms with Crippen LogP contribution in [0, 0.1) is 12.1 Å². The van der Waals surface area contributed by atoms with Gasteiger partial charge in [-0.15, -0.1) is 0 Å². The fourth-order valence-electron chi connectivity index (χ4n) is 2.84. The first-order chi connectivity index (χ1) is 12.1. The monoisotopic (exact) mass is 329 g/mol. The summed E-state index contributed by atoms with van der Waals surface area (Å²) < 4.78 is 2.22. The quantitative estimate of drug-likeness (QED) is 0.419. The first kappa shape index (κ1) is 15.1. The Morgan fingerprint density at radius 2 is 1.68 bits per heavy atom. The summed E-state index contributed by atoms with van der Waals surface area (Å²) in [6.07, 6.45) is 1.40. The topological polar surface area (TPSA) is 61.8 Å². The van der Waals surface area contributed by atoms with Gasteiger partial charge in [-0.1, -0.05) is 29.8 Å². The largest absolute Gasteiger partial charge is 0.618 e. The maximum Gasteiger partial charge on any atom is 0.266 e. The van der Waals surface area contributed by atoms with E-state index >= 15 is 0 Å². The average molecular weight is 329 g/mol. The first-order valence-corrected chi connectivity index (χ1v) is 7.92. The number of hydrogen-bond donors (Lipinski definition) is 0. The minimum Gasteiger partial charge on any atom is -0.618 e. The third-order valence-corrected chi connectivity index (χ3v) is 4.12. The SMILES string of the molecule is Cc1ccc(-n2c(-c3cccc[n+]3[O-])nc3ccccc3c2=O)cc1. The fraction of sp³-hybridized carbons (Fsp3) is 0.0500. The molecule has 4 aromatic rings. The van der Waals surface area contributed by atoms with Gasteiger partial charge in [0.05, 0.1) is 16.6 Å². The Morgan fingerprint density at radius 1 is 0.960 bits per heavy atom. The van der Waals surface area contributed by atoms with Crippen molar-refractivity contribution >= 4 is 10.9 Å². The molecule has 0 saturated carbocycles. The molecule has 0 unspecified atom stereocenters. The molecule has 4 rings (SSSR count). The van der Waals surface area contributed by atoms with Crippen LogP contribution in [0.25, 0.3) is 28.1 Å². The van der Waals surface area contributed by atoms with E-state index in [1.165, 1.54) is 10.8 Å². The predicted molar refractivity (Wildman–Crippen MR) is 96.5 cm³/mol. The summed E-state index contributed by atoms with van der Waals surface area (Å²) in [6.45, 7) is 1.98. The third kappa shape index (κ3) is 2.55. The number of nitrogens with zero attached hydrogens (tertiary/aromatic N) is 3. The van der Waals surface area contributed by atoms with Gasteiger partial charge >= 0.3 is 0 Å². The zero-order chi connectivity index (χ0) is 17.4. The smallest absolute Gasteiger partial charge is 0.266 e. The Hall–Kier alpha value is -3.47. The van der Waals surface area contributed by atoms with Gasteiger partial charge in [0.1, 0.15) is 0 Å². The van der Waals surface area contributed by atoms with E-state index in [1.807, 2.05) is 37.3 Å². The maximum absolute atomic E-state index is 13.1. The third-order valence-electron chi connectivity index (χ3n) is 4.12. The molecule has 5 nitrogen and oxygen atoms in total. The van der Waals surface area contributed by atoms with Gasteiger partial charge in [0.15, 0.2) is 6.20 Å². The molecular weight excluding hydrogens is 314 g/mol. The number of fused-ring (bicyclic) bond motifs is 1. The highest BCUT2D eigenvalue weighted by molar-refractivity contribution is 5.79. The molecule has 5 heteroatoms. The summed E-state index contributed by atoms with van der Waals surface area (Å²) in [5.41, 5.74) is 2.45. The zero-order valence-corrected chi connectivity index (χ0v) is 13.6. The van der Waals surface area contributed by atoms with E-state index in [2.05, 4.69) is 4.98 Å². The van der Waals surface area contributed by atoms with E-state index < -0.39 is 0 Å². The second kappa shape index (κ2) is 5.87. The van der Waals surface area contributed by atoms with Gasteiger partial charge in [-0.05, 0) is 37.3 Å². The Kier molecular flexibility index (Phi) is 3.54. The summed E-state index contributed by atoms with van der Waals surface area (Å²) in [7, 11) is 0. The van der Waals surface area contributed by atoms with E-state index in [4.69, 9.17) is 0 Å². The Labute approximate surface area is 144 Å². The molecule has 0 radical (unpaired) electrons. The summed E-state index contributed by atoms with van der Waals surface area (Å²) >= 11 is 0. The van der Waals surface area contributed by atoms with Crippen molar-refractivity contribution in [1.29, 1.82) is 0 Å². The molecule has 2 aromatic heterocycles. The second-order valence-corrected chi connectivity index (χ2v) is 5.84. The van der Waals surface area contributed by atoms with Crippen molar-refractivity contribution in [2.24, 2.45) is 0 Å². The molecule has 0 aliphatic rings. The molecule has 0 aliphatic heterocycles. The minimum atomic E-state index is -0.201. The lowest BCUT2D eigenvalue weighted by molar-refractivity contribution is -0.594. The number of hydrogen-bond acceptors (Lipinski definition) is 3. The molecule has 0 aliphatic carbocycles. The number of aromatic nitrogens is 3. The van der Waals surface area contributed by atoms with Crippen molar-refractivity contribution in [3.8, 4) is 17.2 Å². The summed E-state index contributed by atoms with van der Waals surface area (Å²) in [5.74, 6) is 0.322. The van der Waals surface area contributed by atoms with Crippen LogP contribution in [-0.2, 0) is 0 Å². The molecule has 2 aromatic carbocycles. The summed E-state index contributed by atoms with van der Waals surface area (Å²) in [5, 5.41) is 12.8. The number of para-hydroxylation sites is 1. The van der Waals surface area contributed by atoms with Gasteiger partial charge in [-0.25, -0.2) is 4.98 Å². The van der Waals surface area contributed by atoms with E-state index in [-0.39, 0.29) is 5.56 Å². The van der Waals surface area contributed by atoms with Crippen LogP contribution in [0.5, 0.6) is 0 Å². The molecule has 25 heavy (non-hydrogen) atoms. The van der Waals surface area contributed by atoms with Crippen LogP contribution in [0.2, 0.25) is 0 Å². The molecule has 0 N–H and O–H groups in total. The number of rotatable bonds is 2. The lowest BCUT2D eigenvalue weighted by Crippen LogP contribution is -2.32. The zero-order valence-electron chi connectivity index (χ0n) is 13.6. The molecule has 0 atom stereocenters. The van der Waals surface area contributed by atoms with Crippen molar-refractivity contribution < 1.29 is 4.73 Å².